The number of halogens is 2. The Labute approximate surface area is 240 Å². The molecule has 1 amide bonds. The second-order valence-electron chi connectivity index (χ2n) is 10.8. The van der Waals surface area contributed by atoms with Crippen LogP contribution in [0.15, 0.2) is 42.5 Å². The first-order valence-electron chi connectivity index (χ1n) is 12.2. The van der Waals surface area contributed by atoms with E-state index in [-0.39, 0.29) is 46.0 Å². The van der Waals surface area contributed by atoms with Crippen LogP contribution in [0, 0.1) is 10.8 Å². The van der Waals surface area contributed by atoms with Crippen molar-refractivity contribution in [1.82, 2.24) is 10.6 Å². The maximum atomic E-state index is 12.6. The lowest BCUT2D eigenvalue weighted by molar-refractivity contribution is -0.145. The van der Waals surface area contributed by atoms with E-state index in [9.17, 15) is 19.5 Å². The van der Waals surface area contributed by atoms with Gasteiger partial charge in [0, 0.05) is 25.2 Å². The third kappa shape index (κ3) is 10.4. The Balaban J connectivity index is 0.00000722. The van der Waals surface area contributed by atoms with Crippen LogP contribution in [-0.2, 0) is 20.8 Å². The van der Waals surface area contributed by atoms with Crippen molar-refractivity contribution in [3.63, 3.8) is 0 Å². The molecule has 0 aliphatic carbocycles. The molecular formula is C28H38BrClN2O6. The minimum atomic E-state index is -1.05. The van der Waals surface area contributed by atoms with Gasteiger partial charge >= 0.3 is 11.9 Å². The van der Waals surface area contributed by atoms with Gasteiger partial charge in [-0.1, -0.05) is 48.0 Å². The summed E-state index contributed by atoms with van der Waals surface area (Å²) >= 11 is 6.55. The van der Waals surface area contributed by atoms with E-state index in [1.165, 1.54) is 12.1 Å². The molecule has 2 aromatic rings. The molecule has 0 heterocycles. The highest BCUT2D eigenvalue weighted by atomic mass is 79.9. The Morgan fingerprint density at radius 1 is 0.895 bits per heavy atom. The Morgan fingerprint density at radius 2 is 1.47 bits per heavy atom. The van der Waals surface area contributed by atoms with Gasteiger partial charge in [-0.25, -0.2) is 0 Å². The number of hydrogen-bond donors (Lipinski definition) is 3. The van der Waals surface area contributed by atoms with Crippen LogP contribution in [0.5, 0.6) is 11.5 Å². The summed E-state index contributed by atoms with van der Waals surface area (Å²) in [5.41, 5.74) is -0.404. The number of aliphatic hydroxyl groups is 1. The fourth-order valence-electron chi connectivity index (χ4n) is 2.97. The number of aliphatic hydroxyl groups excluding tert-OH is 1. The highest BCUT2D eigenvalue weighted by molar-refractivity contribution is 8.93. The van der Waals surface area contributed by atoms with Gasteiger partial charge in [-0.2, -0.15) is 0 Å². The van der Waals surface area contributed by atoms with Gasteiger partial charge in [0.15, 0.2) is 11.5 Å². The van der Waals surface area contributed by atoms with Crippen LogP contribution in [0.2, 0.25) is 5.02 Å². The molecule has 0 aromatic heterocycles. The minimum absolute atomic E-state index is 0. The highest BCUT2D eigenvalue weighted by Gasteiger charge is 2.30. The lowest BCUT2D eigenvalue weighted by atomic mass is 9.97. The standard InChI is InChI=1S/C28H37ClN2O6.BrH/c1-27(2,3)25(34)36-21-13-12-19(23(29)24(21)37-26(35)28(4,5)6)20(32)17-30-14-15-31-22(33)16-18-10-8-7-9-11-18;/h7-13,20,30,32H,14-17H2,1-6H3,(H,31,33);1H. The maximum Gasteiger partial charge on any atom is 0.316 e. The molecule has 0 bridgehead atoms. The number of hydrogen-bond acceptors (Lipinski definition) is 7. The van der Waals surface area contributed by atoms with Crippen molar-refractivity contribution >= 4 is 46.4 Å². The summed E-state index contributed by atoms with van der Waals surface area (Å²) in [5.74, 6) is -1.32. The number of esters is 2. The average Bonchev–Trinajstić information content (AvgIpc) is 2.80. The van der Waals surface area contributed by atoms with Crippen LogP contribution in [0.3, 0.4) is 0 Å². The first-order valence-corrected chi connectivity index (χ1v) is 12.5. The van der Waals surface area contributed by atoms with Crippen molar-refractivity contribution in [3.05, 3.63) is 58.6 Å². The van der Waals surface area contributed by atoms with E-state index in [0.717, 1.165) is 5.56 Å². The molecule has 2 aromatic carbocycles. The first-order chi connectivity index (χ1) is 17.2. The summed E-state index contributed by atoms with van der Waals surface area (Å²) < 4.78 is 11.0. The molecule has 0 fully saturated rings. The molecule has 1 unspecified atom stereocenters. The lowest BCUT2D eigenvalue weighted by Crippen LogP contribution is -2.34. The van der Waals surface area contributed by atoms with E-state index in [1.807, 2.05) is 30.3 Å². The predicted molar refractivity (Wildman–Crippen MR) is 153 cm³/mol. The van der Waals surface area contributed by atoms with E-state index < -0.39 is 28.9 Å². The fraction of sp³-hybridized carbons (Fsp3) is 0.464. The van der Waals surface area contributed by atoms with Gasteiger partial charge in [0.05, 0.1) is 28.4 Å². The predicted octanol–water partition coefficient (Wildman–Crippen LogP) is 4.80. The van der Waals surface area contributed by atoms with Gasteiger partial charge in [-0.15, -0.1) is 17.0 Å². The SMILES string of the molecule is Br.CC(C)(C)C(=O)Oc1ccc(C(O)CNCCNC(=O)Cc2ccccc2)c(Cl)c1OC(=O)C(C)(C)C. The number of benzene rings is 2. The van der Waals surface area contributed by atoms with E-state index in [1.54, 1.807) is 41.5 Å². The lowest BCUT2D eigenvalue weighted by Gasteiger charge is -2.23. The Bertz CT molecular complexity index is 1100. The Kier molecular flexibility index (Phi) is 12.9. The number of rotatable bonds is 10. The molecule has 8 nitrogen and oxygen atoms in total. The van der Waals surface area contributed by atoms with E-state index >= 15 is 0 Å². The summed E-state index contributed by atoms with van der Waals surface area (Å²) in [4.78, 5) is 37.1. The van der Waals surface area contributed by atoms with Crippen LogP contribution in [0.25, 0.3) is 0 Å². The molecule has 210 valence electrons. The van der Waals surface area contributed by atoms with Crippen molar-refractivity contribution in [3.8, 4) is 11.5 Å². The summed E-state index contributed by atoms with van der Waals surface area (Å²) in [6.07, 6.45) is -0.756. The van der Waals surface area contributed by atoms with Gasteiger partial charge in [-0.3, -0.25) is 14.4 Å². The second-order valence-corrected chi connectivity index (χ2v) is 11.2. The molecule has 0 spiro atoms. The molecule has 0 aliphatic heterocycles. The molecule has 0 saturated carbocycles. The average molecular weight is 614 g/mol. The fourth-order valence-corrected chi connectivity index (χ4v) is 3.29. The largest absolute Gasteiger partial charge is 0.422 e. The smallest absolute Gasteiger partial charge is 0.316 e. The van der Waals surface area contributed by atoms with Crippen LogP contribution in [0.1, 0.15) is 58.8 Å². The molecular weight excluding hydrogens is 576 g/mol. The number of nitrogens with one attached hydrogen (secondary N) is 2. The van der Waals surface area contributed by atoms with Crippen molar-refractivity contribution in [2.24, 2.45) is 10.8 Å². The summed E-state index contributed by atoms with van der Waals surface area (Å²) in [6, 6.07) is 12.4. The van der Waals surface area contributed by atoms with Gasteiger partial charge < -0.3 is 25.2 Å². The molecule has 0 aliphatic rings. The maximum absolute atomic E-state index is 12.6. The Morgan fingerprint density at radius 3 is 2.05 bits per heavy atom. The van der Waals surface area contributed by atoms with Crippen LogP contribution >= 0.6 is 28.6 Å². The zero-order valence-electron chi connectivity index (χ0n) is 22.7. The van der Waals surface area contributed by atoms with Gasteiger partial charge in [0.25, 0.3) is 0 Å². The quantitative estimate of drug-likeness (QED) is 0.200. The van der Waals surface area contributed by atoms with Gasteiger partial charge in [0.1, 0.15) is 0 Å². The zero-order chi connectivity index (χ0) is 27.8. The van der Waals surface area contributed by atoms with Crippen LogP contribution in [-0.4, -0.2) is 42.6 Å². The van der Waals surface area contributed by atoms with E-state index in [0.29, 0.717) is 25.1 Å². The molecule has 3 N–H and O–H groups in total. The van der Waals surface area contributed by atoms with Gasteiger partial charge in [0.2, 0.25) is 5.91 Å². The van der Waals surface area contributed by atoms with E-state index in [4.69, 9.17) is 21.1 Å². The highest BCUT2D eigenvalue weighted by Crippen LogP contribution is 2.41. The molecule has 10 heteroatoms. The summed E-state index contributed by atoms with van der Waals surface area (Å²) in [6.45, 7) is 11.1. The summed E-state index contributed by atoms with van der Waals surface area (Å²) in [7, 11) is 0. The molecule has 38 heavy (non-hydrogen) atoms. The van der Waals surface area contributed by atoms with Gasteiger partial charge in [-0.05, 0) is 53.2 Å². The monoisotopic (exact) mass is 612 g/mol. The topological polar surface area (TPSA) is 114 Å². The summed E-state index contributed by atoms with van der Waals surface area (Å²) in [5, 5.41) is 16.6. The molecule has 2 rings (SSSR count). The number of ether oxygens (including phenoxy) is 2. The third-order valence-corrected chi connectivity index (χ3v) is 5.63. The molecule has 1 atom stereocenters. The minimum Gasteiger partial charge on any atom is -0.422 e. The first kappa shape index (κ1) is 33.6. The zero-order valence-corrected chi connectivity index (χ0v) is 25.2. The second kappa shape index (κ2) is 14.6. The van der Waals surface area contributed by atoms with E-state index in [2.05, 4.69) is 10.6 Å². The van der Waals surface area contributed by atoms with Crippen molar-refractivity contribution in [2.45, 2.75) is 54.1 Å². The van der Waals surface area contributed by atoms with Crippen LogP contribution in [0.4, 0.5) is 0 Å². The molecule has 0 radical (unpaired) electrons. The number of carbonyl (C=O) groups is 3. The molecule has 0 saturated heterocycles. The van der Waals surface area contributed by atoms with Crippen LogP contribution < -0.4 is 20.1 Å². The number of amides is 1. The normalized spacial score (nSPS) is 12.2. The van der Waals surface area contributed by atoms with Crippen molar-refractivity contribution in [2.75, 3.05) is 19.6 Å². The number of carbonyl (C=O) groups excluding carboxylic acids is 3. The third-order valence-electron chi connectivity index (χ3n) is 5.24. The Hall–Kier alpha value is -2.46. The van der Waals surface area contributed by atoms with Crippen molar-refractivity contribution in [1.29, 1.82) is 0 Å². The van der Waals surface area contributed by atoms with Crippen molar-refractivity contribution < 1.29 is 29.0 Å².